The zero-order chi connectivity index (χ0) is 19.9. The van der Waals surface area contributed by atoms with Crippen molar-refractivity contribution in [1.29, 1.82) is 0 Å². The van der Waals surface area contributed by atoms with Crippen molar-refractivity contribution >= 4 is 23.8 Å². The fourth-order valence-electron chi connectivity index (χ4n) is 4.68. The molecule has 1 spiro atoms. The second-order valence-electron chi connectivity index (χ2n) is 8.02. The van der Waals surface area contributed by atoms with Gasteiger partial charge in [0.05, 0.1) is 11.1 Å². The Morgan fingerprint density at radius 3 is 2.18 bits per heavy atom. The number of benzene rings is 1. The average Bonchev–Trinajstić information content (AvgIpc) is 3.08. The SMILES string of the molecule is C[C@@H]1CCCC[C@@]12NC(=O)N(CCCCN1C(=O)c3ccccc3C1=O)C2=O. The molecule has 1 N–H and O–H groups in total. The van der Waals surface area contributed by atoms with Crippen molar-refractivity contribution < 1.29 is 19.2 Å². The molecule has 0 unspecified atom stereocenters. The summed E-state index contributed by atoms with van der Waals surface area (Å²) < 4.78 is 0. The summed E-state index contributed by atoms with van der Waals surface area (Å²) in [5.41, 5.74) is 0.141. The van der Waals surface area contributed by atoms with Gasteiger partial charge in [0.25, 0.3) is 17.7 Å². The van der Waals surface area contributed by atoms with E-state index in [2.05, 4.69) is 5.32 Å². The lowest BCUT2D eigenvalue weighted by atomic mass is 9.73. The maximum Gasteiger partial charge on any atom is 0.325 e. The number of carbonyl (C=O) groups excluding carboxylic acids is 4. The van der Waals surface area contributed by atoms with Crippen LogP contribution in [-0.4, -0.2) is 52.2 Å². The molecule has 1 saturated carbocycles. The van der Waals surface area contributed by atoms with Crippen molar-refractivity contribution in [1.82, 2.24) is 15.1 Å². The fraction of sp³-hybridized carbons (Fsp3) is 0.524. The molecule has 5 amide bonds. The van der Waals surface area contributed by atoms with E-state index in [4.69, 9.17) is 0 Å². The predicted octanol–water partition coefficient (Wildman–Crippen LogP) is 2.56. The van der Waals surface area contributed by atoms with Crippen molar-refractivity contribution in [3.05, 3.63) is 35.4 Å². The molecule has 148 valence electrons. The zero-order valence-electron chi connectivity index (χ0n) is 16.1. The summed E-state index contributed by atoms with van der Waals surface area (Å²) in [5.74, 6) is -0.525. The number of urea groups is 1. The number of hydrogen-bond acceptors (Lipinski definition) is 4. The van der Waals surface area contributed by atoms with Crippen LogP contribution in [0.15, 0.2) is 24.3 Å². The van der Waals surface area contributed by atoms with E-state index >= 15 is 0 Å². The third-order valence-electron chi connectivity index (χ3n) is 6.39. The van der Waals surface area contributed by atoms with Gasteiger partial charge in [0, 0.05) is 13.1 Å². The molecule has 2 heterocycles. The molecule has 1 aromatic carbocycles. The van der Waals surface area contributed by atoms with E-state index in [9.17, 15) is 19.2 Å². The topological polar surface area (TPSA) is 86.8 Å². The zero-order valence-corrected chi connectivity index (χ0v) is 16.1. The average molecular weight is 383 g/mol. The van der Waals surface area contributed by atoms with Crippen molar-refractivity contribution in [3.8, 4) is 0 Å². The minimum Gasteiger partial charge on any atom is -0.323 e. The summed E-state index contributed by atoms with van der Waals surface area (Å²) in [6.45, 7) is 2.63. The van der Waals surface area contributed by atoms with Crippen LogP contribution in [0.25, 0.3) is 0 Å². The van der Waals surface area contributed by atoms with Crippen LogP contribution in [0, 0.1) is 5.92 Å². The van der Waals surface area contributed by atoms with Crippen LogP contribution < -0.4 is 5.32 Å². The van der Waals surface area contributed by atoms with Gasteiger partial charge in [0.15, 0.2) is 0 Å². The lowest BCUT2D eigenvalue weighted by molar-refractivity contribution is -0.134. The minimum atomic E-state index is -0.738. The summed E-state index contributed by atoms with van der Waals surface area (Å²) in [6, 6.07) is 6.49. The summed E-state index contributed by atoms with van der Waals surface area (Å²) in [4.78, 5) is 52.6. The van der Waals surface area contributed by atoms with E-state index in [1.807, 2.05) is 6.92 Å². The summed E-state index contributed by atoms with van der Waals surface area (Å²) >= 11 is 0. The van der Waals surface area contributed by atoms with E-state index in [0.717, 1.165) is 19.3 Å². The Kier molecular flexibility index (Phi) is 4.69. The molecule has 0 radical (unpaired) electrons. The second-order valence-corrected chi connectivity index (χ2v) is 8.02. The molecular weight excluding hydrogens is 358 g/mol. The smallest absolute Gasteiger partial charge is 0.323 e. The van der Waals surface area contributed by atoms with Gasteiger partial charge in [-0.3, -0.25) is 24.2 Å². The predicted molar refractivity (Wildman–Crippen MR) is 102 cm³/mol. The Balaban J connectivity index is 1.33. The Bertz CT molecular complexity index is 817. The Morgan fingerprint density at radius 1 is 0.964 bits per heavy atom. The summed E-state index contributed by atoms with van der Waals surface area (Å²) in [7, 11) is 0. The molecule has 7 nitrogen and oxygen atoms in total. The van der Waals surface area contributed by atoms with Crippen LogP contribution in [0.4, 0.5) is 4.79 Å². The maximum absolute atomic E-state index is 12.9. The van der Waals surface area contributed by atoms with Crippen LogP contribution >= 0.6 is 0 Å². The van der Waals surface area contributed by atoms with Crippen molar-refractivity contribution in [2.24, 2.45) is 5.92 Å². The molecule has 3 aliphatic rings. The molecule has 0 aromatic heterocycles. The number of fused-ring (bicyclic) bond motifs is 1. The standard InChI is InChI=1S/C21H25N3O4/c1-14-8-4-5-11-21(14)19(27)24(20(28)22-21)13-7-6-12-23-17(25)15-9-2-3-10-16(15)18(23)26/h2-3,9-10,14H,4-8,11-13H2,1H3,(H,22,28)/t14-,21-/m1/s1. The highest BCUT2D eigenvalue weighted by molar-refractivity contribution is 6.21. The second kappa shape index (κ2) is 7.04. The first kappa shape index (κ1) is 18.7. The van der Waals surface area contributed by atoms with Crippen molar-refractivity contribution in [2.75, 3.05) is 13.1 Å². The van der Waals surface area contributed by atoms with Crippen molar-refractivity contribution in [2.45, 2.75) is 51.0 Å². The highest BCUT2D eigenvalue weighted by Crippen LogP contribution is 2.38. The van der Waals surface area contributed by atoms with Gasteiger partial charge >= 0.3 is 6.03 Å². The number of carbonyl (C=O) groups is 4. The molecule has 0 bridgehead atoms. The van der Waals surface area contributed by atoms with E-state index in [-0.39, 0.29) is 36.2 Å². The van der Waals surface area contributed by atoms with E-state index in [1.165, 1.54) is 9.80 Å². The van der Waals surface area contributed by atoms with Gasteiger partial charge in [0.2, 0.25) is 0 Å². The third-order valence-corrected chi connectivity index (χ3v) is 6.39. The number of amides is 5. The van der Waals surface area contributed by atoms with Crippen LogP contribution in [0.1, 0.15) is 66.2 Å². The lowest BCUT2D eigenvalue weighted by Gasteiger charge is -2.36. The monoisotopic (exact) mass is 383 g/mol. The largest absolute Gasteiger partial charge is 0.325 e. The molecule has 7 heteroatoms. The number of nitrogens with one attached hydrogen (secondary N) is 1. The molecule has 2 aliphatic heterocycles. The van der Waals surface area contributed by atoms with E-state index < -0.39 is 5.54 Å². The number of nitrogens with zero attached hydrogens (tertiary/aromatic N) is 2. The van der Waals surface area contributed by atoms with Crippen molar-refractivity contribution in [3.63, 3.8) is 0 Å². The molecule has 4 rings (SSSR count). The van der Waals surface area contributed by atoms with Gasteiger partial charge < -0.3 is 5.32 Å². The number of imide groups is 2. The maximum atomic E-state index is 12.9. The Morgan fingerprint density at radius 2 is 1.57 bits per heavy atom. The normalized spacial score (nSPS) is 27.0. The third kappa shape index (κ3) is 2.80. The van der Waals surface area contributed by atoms with Crippen LogP contribution in [0.5, 0.6) is 0 Å². The van der Waals surface area contributed by atoms with Gasteiger partial charge in [-0.2, -0.15) is 0 Å². The summed E-state index contributed by atoms with van der Waals surface area (Å²) in [5, 5.41) is 2.95. The minimum absolute atomic E-state index is 0.120. The van der Waals surface area contributed by atoms with Gasteiger partial charge in [-0.15, -0.1) is 0 Å². The molecular formula is C21H25N3O4. The Labute approximate surface area is 164 Å². The van der Waals surface area contributed by atoms with Gasteiger partial charge in [0.1, 0.15) is 5.54 Å². The van der Waals surface area contributed by atoms with Crippen LogP contribution in [0.2, 0.25) is 0 Å². The Hall–Kier alpha value is -2.70. The quantitative estimate of drug-likeness (QED) is 0.481. The summed E-state index contributed by atoms with van der Waals surface area (Å²) in [6.07, 6.45) is 4.78. The first-order valence-corrected chi connectivity index (χ1v) is 10.0. The molecule has 2 atom stereocenters. The fourth-order valence-corrected chi connectivity index (χ4v) is 4.68. The molecule has 1 aromatic rings. The van der Waals surface area contributed by atoms with E-state index in [0.29, 0.717) is 36.9 Å². The lowest BCUT2D eigenvalue weighted by Crippen LogP contribution is -2.53. The number of unbranched alkanes of at least 4 members (excludes halogenated alkanes) is 1. The molecule has 1 aliphatic carbocycles. The first-order chi connectivity index (χ1) is 13.5. The number of hydrogen-bond donors (Lipinski definition) is 1. The van der Waals surface area contributed by atoms with Gasteiger partial charge in [-0.1, -0.05) is 31.9 Å². The van der Waals surface area contributed by atoms with Gasteiger partial charge in [-0.25, -0.2) is 4.79 Å². The molecule has 28 heavy (non-hydrogen) atoms. The van der Waals surface area contributed by atoms with Crippen LogP contribution in [0.3, 0.4) is 0 Å². The first-order valence-electron chi connectivity index (χ1n) is 10.0. The van der Waals surface area contributed by atoms with E-state index in [1.54, 1.807) is 24.3 Å². The molecule has 1 saturated heterocycles. The highest BCUT2D eigenvalue weighted by Gasteiger charge is 2.54. The van der Waals surface area contributed by atoms with Crippen LogP contribution in [-0.2, 0) is 4.79 Å². The highest BCUT2D eigenvalue weighted by atomic mass is 16.2. The molecule has 2 fully saturated rings. The van der Waals surface area contributed by atoms with Gasteiger partial charge in [-0.05, 0) is 43.7 Å². The number of rotatable bonds is 5.